The number of carbonyl (C=O) groups excluding carboxylic acids is 1. The number of amides is 2. The Balaban J connectivity index is 1.58. The van der Waals surface area contributed by atoms with Crippen LogP contribution in [0.15, 0.2) is 42.7 Å². The lowest BCUT2D eigenvalue weighted by Crippen LogP contribution is -2.51. The minimum Gasteiger partial charge on any atom is -0.372 e. The minimum atomic E-state index is -0.288. The van der Waals surface area contributed by atoms with Crippen molar-refractivity contribution in [2.45, 2.75) is 26.0 Å². The third-order valence-corrected chi connectivity index (χ3v) is 3.82. The van der Waals surface area contributed by atoms with Gasteiger partial charge >= 0.3 is 6.03 Å². The van der Waals surface area contributed by atoms with Gasteiger partial charge in [0, 0.05) is 24.6 Å². The van der Waals surface area contributed by atoms with E-state index >= 15 is 0 Å². The van der Waals surface area contributed by atoms with Crippen LogP contribution < -0.4 is 5.32 Å². The van der Waals surface area contributed by atoms with Crippen molar-refractivity contribution in [3.05, 3.63) is 48.3 Å². The third kappa shape index (κ3) is 4.10. The Bertz CT molecular complexity index is 650. The molecule has 1 saturated heterocycles. The van der Waals surface area contributed by atoms with E-state index < -0.39 is 0 Å². The summed E-state index contributed by atoms with van der Waals surface area (Å²) in [5, 5.41) is 7.13. The molecule has 6 nitrogen and oxygen atoms in total. The first-order chi connectivity index (χ1) is 11.0. The van der Waals surface area contributed by atoms with Crippen molar-refractivity contribution in [2.24, 2.45) is 0 Å². The zero-order valence-corrected chi connectivity index (χ0v) is 13.5. The van der Waals surface area contributed by atoms with Crippen molar-refractivity contribution in [2.75, 3.05) is 25.0 Å². The second kappa shape index (κ2) is 6.42. The Hall–Kier alpha value is -2.34. The molecule has 6 heteroatoms. The quantitative estimate of drug-likeness (QED) is 0.947. The molecule has 3 rings (SSSR count). The van der Waals surface area contributed by atoms with Crippen molar-refractivity contribution < 1.29 is 9.53 Å². The van der Waals surface area contributed by atoms with Gasteiger partial charge in [-0.3, -0.25) is 4.68 Å². The van der Waals surface area contributed by atoms with Crippen LogP contribution in [0.2, 0.25) is 0 Å². The highest BCUT2D eigenvalue weighted by atomic mass is 16.5. The van der Waals surface area contributed by atoms with E-state index in [1.54, 1.807) is 11.1 Å². The summed E-state index contributed by atoms with van der Waals surface area (Å²) in [6.07, 6.45) is 3.69. The van der Waals surface area contributed by atoms with Crippen LogP contribution in [0.5, 0.6) is 0 Å². The molecule has 0 aliphatic carbocycles. The van der Waals surface area contributed by atoms with E-state index in [1.165, 1.54) is 0 Å². The molecule has 1 fully saturated rings. The van der Waals surface area contributed by atoms with Crippen LogP contribution in [0.1, 0.15) is 19.4 Å². The van der Waals surface area contributed by atoms with Crippen LogP contribution in [-0.4, -0.2) is 46.0 Å². The number of ether oxygens (including phenoxy) is 1. The summed E-state index contributed by atoms with van der Waals surface area (Å²) in [5.41, 5.74) is 1.64. The summed E-state index contributed by atoms with van der Waals surface area (Å²) in [4.78, 5) is 14.1. The zero-order chi connectivity index (χ0) is 16.3. The van der Waals surface area contributed by atoms with Crippen molar-refractivity contribution in [1.82, 2.24) is 14.7 Å². The van der Waals surface area contributed by atoms with Gasteiger partial charge in [-0.15, -0.1) is 0 Å². The van der Waals surface area contributed by atoms with Gasteiger partial charge in [0.2, 0.25) is 0 Å². The molecule has 0 unspecified atom stereocenters. The molecular formula is C17H22N4O2. The Kier molecular flexibility index (Phi) is 4.34. The smallest absolute Gasteiger partial charge is 0.322 e. The van der Waals surface area contributed by atoms with E-state index in [2.05, 4.69) is 10.4 Å². The standard InChI is InChI=1S/C17H22N4O2/c1-17(2)13-20(10-11-23-17)16(22)19-15-6-4-14(5-7-15)12-21-9-3-8-18-21/h3-9H,10-13H2,1-2H3,(H,19,22). The molecule has 0 radical (unpaired) electrons. The van der Waals surface area contributed by atoms with Gasteiger partial charge in [-0.2, -0.15) is 5.10 Å². The predicted octanol–water partition coefficient (Wildman–Crippen LogP) is 2.57. The number of benzene rings is 1. The molecule has 122 valence electrons. The Labute approximate surface area is 136 Å². The van der Waals surface area contributed by atoms with Gasteiger partial charge in [-0.1, -0.05) is 12.1 Å². The van der Waals surface area contributed by atoms with Gasteiger partial charge in [0.25, 0.3) is 0 Å². The molecule has 0 saturated carbocycles. The lowest BCUT2D eigenvalue weighted by atomic mass is 10.1. The Morgan fingerprint density at radius 2 is 2.13 bits per heavy atom. The summed E-state index contributed by atoms with van der Waals surface area (Å²) < 4.78 is 7.50. The molecular weight excluding hydrogens is 292 g/mol. The van der Waals surface area contributed by atoms with Gasteiger partial charge < -0.3 is 15.0 Å². The maximum absolute atomic E-state index is 12.3. The average Bonchev–Trinajstić information content (AvgIpc) is 3.01. The normalized spacial score (nSPS) is 17.0. The van der Waals surface area contributed by atoms with Crippen LogP contribution >= 0.6 is 0 Å². The van der Waals surface area contributed by atoms with Gasteiger partial charge in [0.1, 0.15) is 0 Å². The molecule has 0 spiro atoms. The SMILES string of the molecule is CC1(C)CN(C(=O)Nc2ccc(Cn3cccn3)cc2)CCO1. The largest absolute Gasteiger partial charge is 0.372 e. The highest BCUT2D eigenvalue weighted by Crippen LogP contribution is 2.18. The van der Waals surface area contributed by atoms with Crippen molar-refractivity contribution in [3.8, 4) is 0 Å². The van der Waals surface area contributed by atoms with Crippen LogP contribution in [0, 0.1) is 0 Å². The van der Waals surface area contributed by atoms with Crippen molar-refractivity contribution >= 4 is 11.7 Å². The number of morpholine rings is 1. The topological polar surface area (TPSA) is 59.4 Å². The fourth-order valence-electron chi connectivity index (χ4n) is 2.67. The molecule has 0 atom stereocenters. The number of rotatable bonds is 3. The van der Waals surface area contributed by atoms with Crippen LogP contribution in [0.25, 0.3) is 0 Å². The van der Waals surface area contributed by atoms with E-state index in [0.29, 0.717) is 19.7 Å². The number of nitrogens with zero attached hydrogens (tertiary/aromatic N) is 3. The second-order valence-corrected chi connectivity index (χ2v) is 6.36. The summed E-state index contributed by atoms with van der Waals surface area (Å²) in [6.45, 7) is 6.50. The Morgan fingerprint density at radius 1 is 1.35 bits per heavy atom. The molecule has 2 heterocycles. The molecule has 2 aromatic rings. The number of aromatic nitrogens is 2. The number of hydrogen-bond donors (Lipinski definition) is 1. The molecule has 23 heavy (non-hydrogen) atoms. The molecule has 1 aliphatic rings. The van der Waals surface area contributed by atoms with E-state index in [-0.39, 0.29) is 11.6 Å². The molecule has 1 N–H and O–H groups in total. The maximum Gasteiger partial charge on any atom is 0.322 e. The van der Waals surface area contributed by atoms with Gasteiger partial charge in [0.05, 0.1) is 25.3 Å². The highest BCUT2D eigenvalue weighted by molar-refractivity contribution is 5.89. The van der Waals surface area contributed by atoms with Gasteiger partial charge in [-0.25, -0.2) is 4.79 Å². The predicted molar refractivity (Wildman–Crippen MR) is 88.4 cm³/mol. The molecule has 0 bridgehead atoms. The lowest BCUT2D eigenvalue weighted by Gasteiger charge is -2.38. The van der Waals surface area contributed by atoms with Gasteiger partial charge in [0.15, 0.2) is 0 Å². The molecule has 1 aromatic heterocycles. The van der Waals surface area contributed by atoms with Crippen LogP contribution in [0.3, 0.4) is 0 Å². The fourth-order valence-corrected chi connectivity index (χ4v) is 2.67. The van der Waals surface area contributed by atoms with Crippen LogP contribution in [-0.2, 0) is 11.3 Å². The molecule has 2 amide bonds. The summed E-state index contributed by atoms with van der Waals surface area (Å²) in [6, 6.07) is 9.66. The average molecular weight is 314 g/mol. The minimum absolute atomic E-state index is 0.0822. The monoisotopic (exact) mass is 314 g/mol. The van der Waals surface area contributed by atoms with Crippen molar-refractivity contribution in [1.29, 1.82) is 0 Å². The lowest BCUT2D eigenvalue weighted by molar-refractivity contribution is -0.0720. The summed E-state index contributed by atoms with van der Waals surface area (Å²) in [5.74, 6) is 0. The number of anilines is 1. The molecule has 1 aliphatic heterocycles. The van der Waals surface area contributed by atoms with E-state index in [9.17, 15) is 4.79 Å². The summed E-state index contributed by atoms with van der Waals surface area (Å²) >= 11 is 0. The zero-order valence-electron chi connectivity index (χ0n) is 13.5. The van der Waals surface area contributed by atoms with E-state index in [1.807, 2.05) is 55.1 Å². The first-order valence-corrected chi connectivity index (χ1v) is 7.78. The third-order valence-electron chi connectivity index (χ3n) is 3.82. The first kappa shape index (κ1) is 15.6. The van der Waals surface area contributed by atoms with E-state index in [4.69, 9.17) is 4.74 Å². The van der Waals surface area contributed by atoms with Gasteiger partial charge in [-0.05, 0) is 37.6 Å². The van der Waals surface area contributed by atoms with E-state index in [0.717, 1.165) is 17.8 Å². The second-order valence-electron chi connectivity index (χ2n) is 6.36. The Morgan fingerprint density at radius 3 is 2.78 bits per heavy atom. The number of urea groups is 1. The number of hydrogen-bond acceptors (Lipinski definition) is 3. The maximum atomic E-state index is 12.3. The summed E-state index contributed by atoms with van der Waals surface area (Å²) in [7, 11) is 0. The molecule has 1 aromatic carbocycles. The number of nitrogens with one attached hydrogen (secondary N) is 1. The fraction of sp³-hybridized carbons (Fsp3) is 0.412. The van der Waals surface area contributed by atoms with Crippen LogP contribution in [0.4, 0.5) is 10.5 Å². The first-order valence-electron chi connectivity index (χ1n) is 7.78. The van der Waals surface area contributed by atoms with Crippen molar-refractivity contribution in [3.63, 3.8) is 0 Å². The number of carbonyl (C=O) groups is 1. The highest BCUT2D eigenvalue weighted by Gasteiger charge is 2.29.